The topological polar surface area (TPSA) is 50.5 Å². The molecule has 1 unspecified atom stereocenters. The Morgan fingerprint density at radius 2 is 2.35 bits per heavy atom. The second kappa shape index (κ2) is 5.54. The van der Waals surface area contributed by atoms with E-state index in [9.17, 15) is 9.00 Å². The molecule has 20 heavy (non-hydrogen) atoms. The Balaban J connectivity index is 1.66. The van der Waals surface area contributed by atoms with Crippen LogP contribution in [0.5, 0.6) is 0 Å². The predicted molar refractivity (Wildman–Crippen MR) is 78.2 cm³/mol. The molecule has 4 nitrogen and oxygen atoms in total. The van der Waals surface area contributed by atoms with Gasteiger partial charge in [-0.15, -0.1) is 11.3 Å². The van der Waals surface area contributed by atoms with Gasteiger partial charge in [-0.05, 0) is 36.4 Å². The van der Waals surface area contributed by atoms with E-state index >= 15 is 0 Å². The molecule has 2 aromatic heterocycles. The Labute approximate surface area is 123 Å². The van der Waals surface area contributed by atoms with Gasteiger partial charge < -0.3 is 9.32 Å². The van der Waals surface area contributed by atoms with Crippen molar-refractivity contribution in [3.63, 3.8) is 0 Å². The standard InChI is InChI=1S/C14H15NO3S2/c1-10-13(3-6-18-10)20(17)9-14(16)15-5-2-12-11(8-15)4-7-19-12/h3-4,6-7H,2,5,8-9H2,1H3. The third-order valence-corrected chi connectivity index (χ3v) is 5.92. The number of fused-ring (bicyclic) bond motifs is 1. The van der Waals surface area contributed by atoms with Crippen molar-refractivity contribution in [1.29, 1.82) is 0 Å². The molecule has 0 N–H and O–H groups in total. The highest BCUT2D eigenvalue weighted by atomic mass is 32.2. The Morgan fingerprint density at radius 3 is 3.10 bits per heavy atom. The van der Waals surface area contributed by atoms with Crippen LogP contribution >= 0.6 is 11.3 Å². The molecule has 1 atom stereocenters. The fourth-order valence-corrected chi connectivity index (χ4v) is 4.38. The van der Waals surface area contributed by atoms with Crippen LogP contribution in [0.15, 0.2) is 33.1 Å². The minimum atomic E-state index is -1.33. The van der Waals surface area contributed by atoms with Crippen molar-refractivity contribution in [2.24, 2.45) is 0 Å². The van der Waals surface area contributed by atoms with E-state index in [4.69, 9.17) is 4.42 Å². The molecule has 2 aromatic rings. The summed E-state index contributed by atoms with van der Waals surface area (Å²) in [6.45, 7) is 3.11. The zero-order valence-corrected chi connectivity index (χ0v) is 12.8. The van der Waals surface area contributed by atoms with Gasteiger partial charge in [-0.1, -0.05) is 0 Å². The minimum absolute atomic E-state index is 0.0276. The number of carbonyl (C=O) groups is 1. The quantitative estimate of drug-likeness (QED) is 0.874. The van der Waals surface area contributed by atoms with E-state index < -0.39 is 10.8 Å². The number of hydrogen-bond acceptors (Lipinski definition) is 4. The number of carbonyl (C=O) groups excluding carboxylic acids is 1. The first-order chi connectivity index (χ1) is 9.65. The SMILES string of the molecule is Cc1occc1S(=O)CC(=O)N1CCc2sccc2C1. The molecule has 0 spiro atoms. The summed E-state index contributed by atoms with van der Waals surface area (Å²) in [4.78, 5) is 16.0. The van der Waals surface area contributed by atoms with Crippen molar-refractivity contribution in [2.75, 3.05) is 12.3 Å². The number of aryl methyl sites for hydroxylation is 1. The van der Waals surface area contributed by atoms with Gasteiger partial charge in [-0.3, -0.25) is 9.00 Å². The molecule has 0 aliphatic carbocycles. The van der Waals surface area contributed by atoms with Crippen LogP contribution in [0.4, 0.5) is 0 Å². The summed E-state index contributed by atoms with van der Waals surface area (Å²) < 4.78 is 17.3. The second-order valence-corrected chi connectivity index (χ2v) is 7.19. The van der Waals surface area contributed by atoms with Crippen LogP contribution in [0.2, 0.25) is 0 Å². The average molecular weight is 309 g/mol. The number of nitrogens with zero attached hydrogens (tertiary/aromatic N) is 1. The fraction of sp³-hybridized carbons (Fsp3) is 0.357. The largest absolute Gasteiger partial charge is 0.468 e. The predicted octanol–water partition coefficient (Wildman–Crippen LogP) is 2.34. The van der Waals surface area contributed by atoms with Gasteiger partial charge in [-0.2, -0.15) is 0 Å². The van der Waals surface area contributed by atoms with Gasteiger partial charge in [0.2, 0.25) is 5.91 Å². The first kappa shape index (κ1) is 13.6. The summed E-state index contributed by atoms with van der Waals surface area (Å²) in [6.07, 6.45) is 2.40. The summed E-state index contributed by atoms with van der Waals surface area (Å²) in [5.41, 5.74) is 1.22. The van der Waals surface area contributed by atoms with E-state index in [0.29, 0.717) is 23.7 Å². The maximum absolute atomic E-state index is 12.3. The van der Waals surface area contributed by atoms with Crippen LogP contribution in [0.25, 0.3) is 0 Å². The zero-order chi connectivity index (χ0) is 14.1. The third kappa shape index (κ3) is 2.58. The normalized spacial score (nSPS) is 15.9. The first-order valence-electron chi connectivity index (χ1n) is 6.40. The summed E-state index contributed by atoms with van der Waals surface area (Å²) >= 11 is 1.74. The number of furan rings is 1. The van der Waals surface area contributed by atoms with E-state index in [0.717, 1.165) is 6.42 Å². The summed E-state index contributed by atoms with van der Waals surface area (Å²) in [5.74, 6) is 0.593. The smallest absolute Gasteiger partial charge is 0.235 e. The van der Waals surface area contributed by atoms with Crippen molar-refractivity contribution in [3.05, 3.63) is 40.0 Å². The minimum Gasteiger partial charge on any atom is -0.468 e. The molecular formula is C14H15NO3S2. The van der Waals surface area contributed by atoms with Gasteiger partial charge in [0.1, 0.15) is 11.5 Å². The maximum Gasteiger partial charge on any atom is 0.235 e. The molecule has 0 saturated heterocycles. The van der Waals surface area contributed by atoms with E-state index in [1.807, 2.05) is 0 Å². The highest BCUT2D eigenvalue weighted by Crippen LogP contribution is 2.24. The molecule has 0 bridgehead atoms. The monoisotopic (exact) mass is 309 g/mol. The van der Waals surface area contributed by atoms with Crippen LogP contribution in [-0.4, -0.2) is 27.3 Å². The lowest BCUT2D eigenvalue weighted by atomic mass is 10.1. The Kier molecular flexibility index (Phi) is 3.76. The molecule has 0 radical (unpaired) electrons. The molecule has 0 aromatic carbocycles. The summed E-state index contributed by atoms with van der Waals surface area (Å²) in [6, 6.07) is 3.74. The molecule has 0 fully saturated rings. The highest BCUT2D eigenvalue weighted by Gasteiger charge is 2.23. The van der Waals surface area contributed by atoms with Crippen molar-refractivity contribution < 1.29 is 13.4 Å². The van der Waals surface area contributed by atoms with Crippen molar-refractivity contribution in [1.82, 2.24) is 4.90 Å². The number of hydrogen-bond donors (Lipinski definition) is 0. The lowest BCUT2D eigenvalue weighted by Gasteiger charge is -2.26. The number of amides is 1. The van der Waals surface area contributed by atoms with Gasteiger partial charge in [0.15, 0.2) is 0 Å². The van der Waals surface area contributed by atoms with E-state index in [-0.39, 0.29) is 11.7 Å². The Morgan fingerprint density at radius 1 is 1.50 bits per heavy atom. The van der Waals surface area contributed by atoms with E-state index in [1.165, 1.54) is 16.7 Å². The third-order valence-electron chi connectivity index (χ3n) is 3.47. The van der Waals surface area contributed by atoms with Crippen LogP contribution < -0.4 is 0 Å². The molecule has 3 rings (SSSR count). The Hall–Kier alpha value is -1.40. The molecule has 1 aliphatic heterocycles. The summed E-state index contributed by atoms with van der Waals surface area (Å²) in [7, 11) is -1.33. The van der Waals surface area contributed by atoms with Gasteiger partial charge in [0, 0.05) is 18.0 Å². The van der Waals surface area contributed by atoms with Crippen LogP contribution in [0.3, 0.4) is 0 Å². The lowest BCUT2D eigenvalue weighted by Crippen LogP contribution is -2.38. The Bertz CT molecular complexity index is 659. The van der Waals surface area contributed by atoms with Crippen molar-refractivity contribution in [3.8, 4) is 0 Å². The molecule has 1 amide bonds. The lowest BCUT2D eigenvalue weighted by molar-refractivity contribution is -0.129. The molecule has 6 heteroatoms. The molecule has 1 aliphatic rings. The van der Waals surface area contributed by atoms with Gasteiger partial charge >= 0.3 is 0 Å². The first-order valence-corrected chi connectivity index (χ1v) is 8.60. The molecule has 0 saturated carbocycles. The van der Waals surface area contributed by atoms with Crippen LogP contribution in [0, 0.1) is 6.92 Å². The maximum atomic E-state index is 12.3. The van der Waals surface area contributed by atoms with Gasteiger partial charge in [-0.25, -0.2) is 0 Å². The second-order valence-electron chi connectivity index (χ2n) is 4.77. The van der Waals surface area contributed by atoms with E-state index in [2.05, 4.69) is 11.4 Å². The number of thiophene rings is 1. The average Bonchev–Trinajstić information content (AvgIpc) is 3.05. The molecule has 3 heterocycles. The van der Waals surface area contributed by atoms with Gasteiger partial charge in [0.25, 0.3) is 0 Å². The number of rotatable bonds is 3. The highest BCUT2D eigenvalue weighted by molar-refractivity contribution is 7.85. The van der Waals surface area contributed by atoms with Crippen LogP contribution in [0.1, 0.15) is 16.2 Å². The van der Waals surface area contributed by atoms with E-state index in [1.54, 1.807) is 29.2 Å². The molecule has 106 valence electrons. The van der Waals surface area contributed by atoms with Crippen molar-refractivity contribution >= 4 is 28.0 Å². The summed E-state index contributed by atoms with van der Waals surface area (Å²) in [5, 5.41) is 2.06. The fourth-order valence-electron chi connectivity index (χ4n) is 2.35. The molecular weight excluding hydrogens is 294 g/mol. The van der Waals surface area contributed by atoms with Crippen molar-refractivity contribution in [2.45, 2.75) is 24.8 Å². The van der Waals surface area contributed by atoms with Crippen LogP contribution in [-0.2, 0) is 28.6 Å². The van der Waals surface area contributed by atoms with Gasteiger partial charge in [0.05, 0.1) is 22.0 Å². The zero-order valence-electron chi connectivity index (χ0n) is 11.1.